The molecule has 0 radical (unpaired) electrons. The number of carbonyl (C=O) groups is 1. The Hall–Kier alpha value is -2.14. The maximum Gasteiger partial charge on any atom is 0.341 e. The number of esters is 1. The fourth-order valence-electron chi connectivity index (χ4n) is 2.96. The number of aryl methyl sites for hydroxylation is 2. The van der Waals surface area contributed by atoms with Crippen molar-refractivity contribution in [3.05, 3.63) is 45.3 Å². The molecule has 3 rings (SSSR count). The number of hydrogen-bond donors (Lipinski definition) is 1. The van der Waals surface area contributed by atoms with Gasteiger partial charge in [0.15, 0.2) is 0 Å². The van der Waals surface area contributed by atoms with Crippen molar-refractivity contribution in [3.63, 3.8) is 0 Å². The Morgan fingerprint density at radius 1 is 1.38 bits per heavy atom. The fourth-order valence-corrected chi connectivity index (χ4v) is 4.18. The zero-order chi connectivity index (χ0) is 17.1. The highest BCUT2D eigenvalue weighted by molar-refractivity contribution is 7.16. The standard InChI is InChI=1S/C19H21NO3S/c1-3-23-19(22)17-14-6-4-5-7-16(14)24-18(17)20-11-13-10-12(2)8-9-15(13)21/h8-11,21H,3-7H2,1-2H3/b20-11+. The van der Waals surface area contributed by atoms with E-state index in [1.807, 2.05) is 26.0 Å². The summed E-state index contributed by atoms with van der Waals surface area (Å²) in [5.41, 5.74) is 3.41. The highest BCUT2D eigenvalue weighted by Gasteiger charge is 2.26. The third-order valence-corrected chi connectivity index (χ3v) is 5.34. The number of phenols is 1. The molecule has 1 N–H and O–H groups in total. The van der Waals surface area contributed by atoms with Crippen LogP contribution < -0.4 is 0 Å². The van der Waals surface area contributed by atoms with E-state index in [4.69, 9.17) is 4.74 Å². The summed E-state index contributed by atoms with van der Waals surface area (Å²) in [5.74, 6) is -0.110. The van der Waals surface area contributed by atoms with Gasteiger partial charge in [0.05, 0.1) is 12.2 Å². The number of aromatic hydroxyl groups is 1. The number of thiophene rings is 1. The molecule has 0 saturated carbocycles. The first kappa shape index (κ1) is 16.7. The number of carbonyl (C=O) groups excluding carboxylic acids is 1. The van der Waals surface area contributed by atoms with Crippen LogP contribution in [0.1, 0.15) is 51.7 Å². The maximum absolute atomic E-state index is 12.4. The monoisotopic (exact) mass is 343 g/mol. The number of benzene rings is 1. The topological polar surface area (TPSA) is 58.9 Å². The van der Waals surface area contributed by atoms with Crippen LogP contribution >= 0.6 is 11.3 Å². The normalized spacial score (nSPS) is 13.9. The van der Waals surface area contributed by atoms with Crippen molar-refractivity contribution in [2.75, 3.05) is 6.61 Å². The van der Waals surface area contributed by atoms with E-state index >= 15 is 0 Å². The Labute approximate surface area is 145 Å². The highest BCUT2D eigenvalue weighted by Crippen LogP contribution is 2.40. The first-order valence-corrected chi connectivity index (χ1v) is 9.07. The first-order valence-electron chi connectivity index (χ1n) is 8.25. The van der Waals surface area contributed by atoms with Gasteiger partial charge in [0, 0.05) is 16.7 Å². The summed E-state index contributed by atoms with van der Waals surface area (Å²) in [6, 6.07) is 5.37. The summed E-state index contributed by atoms with van der Waals surface area (Å²) in [5, 5.41) is 10.6. The van der Waals surface area contributed by atoms with Gasteiger partial charge in [-0.2, -0.15) is 0 Å². The molecule has 24 heavy (non-hydrogen) atoms. The Morgan fingerprint density at radius 3 is 2.96 bits per heavy atom. The van der Waals surface area contributed by atoms with Gasteiger partial charge in [0.1, 0.15) is 10.8 Å². The summed E-state index contributed by atoms with van der Waals surface area (Å²) in [7, 11) is 0. The molecule has 0 saturated heterocycles. The van der Waals surface area contributed by atoms with Crippen LogP contribution in [0.3, 0.4) is 0 Å². The van der Waals surface area contributed by atoms with Crippen molar-refractivity contribution >= 4 is 28.5 Å². The van der Waals surface area contributed by atoms with Crippen LogP contribution in [-0.4, -0.2) is 23.9 Å². The molecule has 0 atom stereocenters. The first-order chi connectivity index (χ1) is 11.6. The zero-order valence-corrected chi connectivity index (χ0v) is 14.8. The third-order valence-electron chi connectivity index (χ3n) is 4.14. The van der Waals surface area contributed by atoms with E-state index in [0.717, 1.165) is 36.8 Å². The van der Waals surface area contributed by atoms with E-state index in [-0.39, 0.29) is 11.7 Å². The molecule has 0 amide bonds. The maximum atomic E-state index is 12.4. The van der Waals surface area contributed by atoms with Crippen LogP contribution in [0.25, 0.3) is 0 Å². The SMILES string of the molecule is CCOC(=O)c1c(/N=C/c2cc(C)ccc2O)sc2c1CCCC2. The van der Waals surface area contributed by atoms with Gasteiger partial charge in [-0.3, -0.25) is 0 Å². The van der Waals surface area contributed by atoms with Crippen molar-refractivity contribution in [1.82, 2.24) is 0 Å². The van der Waals surface area contributed by atoms with Crippen LogP contribution in [0.15, 0.2) is 23.2 Å². The molecule has 0 unspecified atom stereocenters. The van der Waals surface area contributed by atoms with Gasteiger partial charge in [-0.05, 0) is 57.2 Å². The molecule has 0 spiro atoms. The van der Waals surface area contributed by atoms with Crippen molar-refractivity contribution < 1.29 is 14.6 Å². The molecule has 1 aliphatic carbocycles. The van der Waals surface area contributed by atoms with Gasteiger partial charge in [0.2, 0.25) is 0 Å². The van der Waals surface area contributed by atoms with Crippen LogP contribution in [0.5, 0.6) is 5.75 Å². The second-order valence-electron chi connectivity index (χ2n) is 5.93. The molecule has 0 bridgehead atoms. The second kappa shape index (κ2) is 7.18. The predicted octanol–water partition coefficient (Wildman–Crippen LogP) is 4.57. The largest absolute Gasteiger partial charge is 0.507 e. The number of nitrogens with zero attached hydrogens (tertiary/aromatic N) is 1. The lowest BCUT2D eigenvalue weighted by molar-refractivity contribution is 0.0526. The summed E-state index contributed by atoms with van der Waals surface area (Å²) < 4.78 is 5.23. The minimum atomic E-state index is -0.294. The third kappa shape index (κ3) is 3.36. The van der Waals surface area contributed by atoms with Gasteiger partial charge in [-0.25, -0.2) is 9.79 Å². The number of ether oxygens (including phenoxy) is 1. The zero-order valence-electron chi connectivity index (χ0n) is 14.0. The minimum Gasteiger partial charge on any atom is -0.507 e. The number of phenolic OH excluding ortho intramolecular Hbond substituents is 1. The predicted molar refractivity (Wildman–Crippen MR) is 97.0 cm³/mol. The van der Waals surface area contributed by atoms with Gasteiger partial charge in [-0.1, -0.05) is 11.6 Å². The molecular formula is C19H21NO3S. The summed E-state index contributed by atoms with van der Waals surface area (Å²) >= 11 is 1.57. The average Bonchev–Trinajstić information content (AvgIpc) is 2.94. The van der Waals surface area contributed by atoms with Crippen LogP contribution in [0.2, 0.25) is 0 Å². The van der Waals surface area contributed by atoms with Gasteiger partial charge in [0.25, 0.3) is 0 Å². The van der Waals surface area contributed by atoms with Crippen molar-refractivity contribution in [2.45, 2.75) is 39.5 Å². The second-order valence-corrected chi connectivity index (χ2v) is 7.02. The summed E-state index contributed by atoms with van der Waals surface area (Å²) in [6.07, 6.45) is 5.78. The molecule has 1 heterocycles. The molecule has 5 heteroatoms. The fraction of sp³-hybridized carbons (Fsp3) is 0.368. The van der Waals surface area contributed by atoms with Crippen molar-refractivity contribution in [1.29, 1.82) is 0 Å². The van der Waals surface area contributed by atoms with Crippen molar-refractivity contribution in [3.8, 4) is 5.75 Å². The minimum absolute atomic E-state index is 0.184. The van der Waals surface area contributed by atoms with Gasteiger partial charge >= 0.3 is 5.97 Å². The van der Waals surface area contributed by atoms with Crippen LogP contribution in [0, 0.1) is 6.92 Å². The lowest BCUT2D eigenvalue weighted by Crippen LogP contribution is -2.09. The molecule has 126 valence electrons. The number of aliphatic imine (C=N–C) groups is 1. The summed E-state index contributed by atoms with van der Waals surface area (Å²) in [6.45, 7) is 4.13. The highest BCUT2D eigenvalue weighted by atomic mass is 32.1. The molecule has 0 aliphatic heterocycles. The molecule has 1 aromatic carbocycles. The van der Waals surface area contributed by atoms with E-state index in [0.29, 0.717) is 22.7 Å². The lowest BCUT2D eigenvalue weighted by Gasteiger charge is -2.11. The van der Waals surface area contributed by atoms with E-state index in [1.165, 1.54) is 4.88 Å². The molecule has 1 aromatic heterocycles. The van der Waals surface area contributed by atoms with E-state index in [1.54, 1.807) is 23.6 Å². The number of hydrogen-bond acceptors (Lipinski definition) is 5. The van der Waals surface area contributed by atoms with E-state index in [9.17, 15) is 9.90 Å². The lowest BCUT2D eigenvalue weighted by atomic mass is 9.95. The Bertz CT molecular complexity index is 792. The Morgan fingerprint density at radius 2 is 2.17 bits per heavy atom. The molecule has 0 fully saturated rings. The van der Waals surface area contributed by atoms with E-state index < -0.39 is 0 Å². The quantitative estimate of drug-likeness (QED) is 0.653. The molecule has 2 aromatic rings. The van der Waals surface area contributed by atoms with Gasteiger partial charge < -0.3 is 9.84 Å². The molecular weight excluding hydrogens is 322 g/mol. The number of fused-ring (bicyclic) bond motifs is 1. The van der Waals surface area contributed by atoms with Gasteiger partial charge in [-0.15, -0.1) is 11.3 Å². The van der Waals surface area contributed by atoms with Crippen molar-refractivity contribution in [2.24, 2.45) is 4.99 Å². The number of rotatable bonds is 4. The summed E-state index contributed by atoms with van der Waals surface area (Å²) in [4.78, 5) is 18.2. The Kier molecular flexibility index (Phi) is 5.00. The Balaban J connectivity index is 2.00. The van der Waals surface area contributed by atoms with Crippen LogP contribution in [-0.2, 0) is 17.6 Å². The smallest absolute Gasteiger partial charge is 0.341 e. The van der Waals surface area contributed by atoms with Crippen LogP contribution in [0.4, 0.5) is 5.00 Å². The van der Waals surface area contributed by atoms with E-state index in [2.05, 4.69) is 4.99 Å². The average molecular weight is 343 g/mol. The molecule has 1 aliphatic rings. The molecule has 4 nitrogen and oxygen atoms in total.